The second kappa shape index (κ2) is 6.65. The van der Waals surface area contributed by atoms with Crippen LogP contribution in [0.4, 0.5) is 5.69 Å². The molecule has 28 heavy (non-hydrogen) atoms. The van der Waals surface area contributed by atoms with E-state index in [0.717, 1.165) is 11.1 Å². The lowest BCUT2D eigenvalue weighted by Crippen LogP contribution is -2.14. The highest BCUT2D eigenvalue weighted by molar-refractivity contribution is 7.92. The van der Waals surface area contributed by atoms with E-state index in [9.17, 15) is 13.5 Å². The minimum Gasteiger partial charge on any atom is -0.504 e. The van der Waals surface area contributed by atoms with Crippen molar-refractivity contribution in [2.75, 3.05) is 4.72 Å². The normalized spacial score (nSPS) is 11.6. The molecule has 0 fully saturated rings. The molecule has 1 heterocycles. The summed E-state index contributed by atoms with van der Waals surface area (Å²) >= 11 is 0. The zero-order valence-electron chi connectivity index (χ0n) is 15.3. The monoisotopic (exact) mass is 394 g/mol. The summed E-state index contributed by atoms with van der Waals surface area (Å²) in [5.41, 5.74) is 3.40. The van der Waals surface area contributed by atoms with Gasteiger partial charge in [-0.2, -0.15) is 0 Å². The van der Waals surface area contributed by atoms with Gasteiger partial charge in [-0.15, -0.1) is 15.0 Å². The number of aromatic hydroxyl groups is 1. The van der Waals surface area contributed by atoms with Gasteiger partial charge in [0.15, 0.2) is 5.75 Å². The van der Waals surface area contributed by atoms with Crippen molar-refractivity contribution in [3.8, 4) is 11.4 Å². The molecule has 0 aliphatic heterocycles. The van der Waals surface area contributed by atoms with Crippen molar-refractivity contribution < 1.29 is 13.5 Å². The van der Waals surface area contributed by atoms with Gasteiger partial charge in [0.05, 0.1) is 10.6 Å². The van der Waals surface area contributed by atoms with E-state index in [2.05, 4.69) is 14.9 Å². The van der Waals surface area contributed by atoms with Crippen LogP contribution in [0, 0.1) is 13.8 Å². The van der Waals surface area contributed by atoms with Crippen LogP contribution in [-0.4, -0.2) is 28.5 Å². The molecule has 0 aliphatic carbocycles. The Hall–Kier alpha value is -3.39. The Balaban J connectivity index is 1.77. The predicted octanol–water partition coefficient (Wildman–Crippen LogP) is 3.54. The first-order valence-electron chi connectivity index (χ1n) is 8.59. The lowest BCUT2D eigenvalue weighted by Gasteiger charge is -2.13. The lowest BCUT2D eigenvalue weighted by atomic mass is 10.2. The Morgan fingerprint density at radius 3 is 2.11 bits per heavy atom. The van der Waals surface area contributed by atoms with E-state index in [4.69, 9.17) is 0 Å². The van der Waals surface area contributed by atoms with Crippen LogP contribution in [0.15, 0.2) is 65.6 Å². The molecule has 0 unspecified atom stereocenters. The highest BCUT2D eigenvalue weighted by Gasteiger charge is 2.19. The molecule has 142 valence electrons. The molecule has 0 bridgehead atoms. The first-order chi connectivity index (χ1) is 13.3. The molecule has 1 aromatic heterocycles. The average Bonchev–Trinajstić information content (AvgIpc) is 3.08. The molecule has 0 atom stereocenters. The van der Waals surface area contributed by atoms with E-state index < -0.39 is 10.0 Å². The number of rotatable bonds is 4. The summed E-state index contributed by atoms with van der Waals surface area (Å²) < 4.78 is 27.9. The molecule has 4 aromatic rings. The number of nitrogens with zero attached hydrogens (tertiary/aromatic N) is 3. The zero-order valence-corrected chi connectivity index (χ0v) is 16.1. The smallest absolute Gasteiger partial charge is 0.262 e. The van der Waals surface area contributed by atoms with Crippen LogP contribution in [0.3, 0.4) is 0 Å². The number of anilines is 1. The number of hydrogen-bond acceptors (Lipinski definition) is 5. The molecular weight excluding hydrogens is 376 g/mol. The van der Waals surface area contributed by atoms with E-state index in [1.807, 2.05) is 31.2 Å². The Labute approximate surface area is 162 Å². The van der Waals surface area contributed by atoms with Crippen LogP contribution in [0.25, 0.3) is 16.7 Å². The molecule has 0 saturated heterocycles. The van der Waals surface area contributed by atoms with E-state index in [1.54, 1.807) is 31.2 Å². The lowest BCUT2D eigenvalue weighted by molar-refractivity contribution is 0.470. The van der Waals surface area contributed by atoms with Crippen LogP contribution in [0.1, 0.15) is 11.1 Å². The number of aromatic nitrogens is 3. The molecule has 0 amide bonds. The molecule has 0 saturated carbocycles. The van der Waals surface area contributed by atoms with Crippen LogP contribution < -0.4 is 4.72 Å². The molecule has 3 aromatic carbocycles. The summed E-state index contributed by atoms with van der Waals surface area (Å²) in [6.45, 7) is 3.68. The standard InChI is InChI=1S/C20H18N4O3S/c1-13-7-9-15(10-8-13)28(26,27)23-18-11-14(2)12-19(20(18)25)24-21-16-5-3-4-6-17(16)22-24/h3-12,23,25H,1-2H3. The quantitative estimate of drug-likeness (QED) is 0.516. The fourth-order valence-electron chi connectivity index (χ4n) is 2.88. The summed E-state index contributed by atoms with van der Waals surface area (Å²) in [7, 11) is -3.85. The summed E-state index contributed by atoms with van der Waals surface area (Å²) in [4.78, 5) is 1.42. The Morgan fingerprint density at radius 1 is 0.893 bits per heavy atom. The van der Waals surface area contributed by atoms with Crippen molar-refractivity contribution in [1.29, 1.82) is 0 Å². The van der Waals surface area contributed by atoms with Crippen molar-refractivity contribution in [1.82, 2.24) is 15.0 Å². The van der Waals surface area contributed by atoms with Crippen molar-refractivity contribution in [3.05, 3.63) is 71.8 Å². The van der Waals surface area contributed by atoms with E-state index in [0.29, 0.717) is 11.0 Å². The average molecular weight is 394 g/mol. The summed E-state index contributed by atoms with van der Waals surface area (Å²) in [5, 5.41) is 19.4. The molecule has 0 radical (unpaired) electrons. The number of sulfonamides is 1. The van der Waals surface area contributed by atoms with Crippen LogP contribution in [0.5, 0.6) is 5.75 Å². The molecule has 4 rings (SSSR count). The molecule has 0 aliphatic rings. The van der Waals surface area contributed by atoms with Gasteiger partial charge in [0.1, 0.15) is 16.7 Å². The highest BCUT2D eigenvalue weighted by Crippen LogP contribution is 2.33. The van der Waals surface area contributed by atoms with E-state index in [1.165, 1.54) is 16.9 Å². The maximum Gasteiger partial charge on any atom is 0.262 e. The molecule has 2 N–H and O–H groups in total. The zero-order chi connectivity index (χ0) is 19.9. The Kier molecular flexibility index (Phi) is 4.27. The van der Waals surface area contributed by atoms with Crippen molar-refractivity contribution in [3.63, 3.8) is 0 Å². The van der Waals surface area contributed by atoms with Crippen molar-refractivity contribution >= 4 is 26.7 Å². The third-order valence-electron chi connectivity index (χ3n) is 4.31. The maximum absolute atomic E-state index is 12.7. The first kappa shape index (κ1) is 18.0. The minimum absolute atomic E-state index is 0.0666. The number of nitrogens with one attached hydrogen (secondary N) is 1. The van der Waals surface area contributed by atoms with Gasteiger partial charge >= 0.3 is 0 Å². The number of phenols is 1. The Morgan fingerprint density at radius 2 is 1.50 bits per heavy atom. The summed E-state index contributed by atoms with van der Waals surface area (Å²) in [6, 6.07) is 17.0. The van der Waals surface area contributed by atoms with Crippen molar-refractivity contribution in [2.45, 2.75) is 18.7 Å². The highest BCUT2D eigenvalue weighted by atomic mass is 32.2. The predicted molar refractivity (Wildman–Crippen MR) is 107 cm³/mol. The minimum atomic E-state index is -3.85. The topological polar surface area (TPSA) is 97.1 Å². The van der Waals surface area contributed by atoms with Crippen LogP contribution in [-0.2, 0) is 10.0 Å². The number of benzene rings is 3. The van der Waals surface area contributed by atoms with Gasteiger partial charge < -0.3 is 5.11 Å². The number of phenolic OH excluding ortho intramolecular Hbond substituents is 1. The SMILES string of the molecule is Cc1ccc(S(=O)(=O)Nc2cc(C)cc(-n3nc4ccccc4n3)c2O)cc1. The summed E-state index contributed by atoms with van der Waals surface area (Å²) in [6.07, 6.45) is 0. The fraction of sp³-hybridized carbons (Fsp3) is 0.100. The number of aryl methyl sites for hydroxylation is 2. The Bertz CT molecular complexity index is 1250. The third kappa shape index (κ3) is 3.29. The van der Waals surface area contributed by atoms with Crippen molar-refractivity contribution in [2.24, 2.45) is 0 Å². The summed E-state index contributed by atoms with van der Waals surface area (Å²) in [5.74, 6) is -0.249. The fourth-order valence-corrected chi connectivity index (χ4v) is 3.94. The van der Waals surface area contributed by atoms with Gasteiger partial charge in [-0.3, -0.25) is 4.72 Å². The molecule has 0 spiro atoms. The first-order valence-corrected chi connectivity index (χ1v) is 10.1. The van der Waals surface area contributed by atoms with E-state index >= 15 is 0 Å². The van der Waals surface area contributed by atoms with Gasteiger partial charge in [-0.1, -0.05) is 29.8 Å². The van der Waals surface area contributed by atoms with Gasteiger partial charge in [-0.05, 0) is 55.8 Å². The van der Waals surface area contributed by atoms with Gasteiger partial charge in [0.25, 0.3) is 10.0 Å². The van der Waals surface area contributed by atoms with Gasteiger partial charge in [0, 0.05) is 0 Å². The second-order valence-corrected chi connectivity index (χ2v) is 8.26. The molecular formula is C20H18N4O3S. The van der Waals surface area contributed by atoms with Crippen LogP contribution in [0.2, 0.25) is 0 Å². The molecule has 8 heteroatoms. The third-order valence-corrected chi connectivity index (χ3v) is 5.69. The van der Waals surface area contributed by atoms with Gasteiger partial charge in [0.2, 0.25) is 0 Å². The maximum atomic E-state index is 12.7. The van der Waals surface area contributed by atoms with E-state index in [-0.39, 0.29) is 22.0 Å². The largest absolute Gasteiger partial charge is 0.504 e. The number of fused-ring (bicyclic) bond motifs is 1. The molecule has 7 nitrogen and oxygen atoms in total. The number of hydrogen-bond donors (Lipinski definition) is 2. The second-order valence-electron chi connectivity index (χ2n) is 6.58. The van der Waals surface area contributed by atoms with Crippen LogP contribution >= 0.6 is 0 Å². The van der Waals surface area contributed by atoms with Gasteiger partial charge in [-0.25, -0.2) is 8.42 Å².